The summed E-state index contributed by atoms with van der Waals surface area (Å²) in [6, 6.07) is 74.8. The molecule has 13 rings (SSSR count). The Morgan fingerprint density at radius 1 is 0.500 bits per heavy atom. The van der Waals surface area contributed by atoms with Gasteiger partial charge in [0.05, 0.1) is 27.8 Å². The number of fused-ring (bicyclic) bond motifs is 13. The smallest absolute Gasteiger partial charge is 0.100 e. The summed E-state index contributed by atoms with van der Waals surface area (Å²) in [5, 5.41) is 12.2. The molecule has 2 heterocycles. The van der Waals surface area contributed by atoms with Gasteiger partial charge in [0, 0.05) is 55.2 Å². The third-order valence-corrected chi connectivity index (χ3v) is 13.9. The van der Waals surface area contributed by atoms with Crippen molar-refractivity contribution in [3.8, 4) is 27.9 Å². The Morgan fingerprint density at radius 3 is 1.98 bits per heavy atom. The highest BCUT2D eigenvalue weighted by atomic mass is 15.0. The highest BCUT2D eigenvalue weighted by Crippen LogP contribution is 2.46. The maximum Gasteiger partial charge on any atom is 0.100 e. The van der Waals surface area contributed by atoms with Crippen molar-refractivity contribution in [3.05, 3.63) is 230 Å². The molecule has 312 valence electrons. The van der Waals surface area contributed by atoms with Crippen LogP contribution in [0.5, 0.6) is 0 Å². The molecule has 1 atom stereocenters. The summed E-state index contributed by atoms with van der Waals surface area (Å²) in [4.78, 5) is 5.55. The van der Waals surface area contributed by atoms with Crippen LogP contribution in [0.1, 0.15) is 18.4 Å². The van der Waals surface area contributed by atoms with E-state index in [-0.39, 0.29) is 6.04 Å². The topological polar surface area (TPSA) is 48.2 Å². The van der Waals surface area contributed by atoms with Crippen LogP contribution in [0, 0.1) is 0 Å². The Labute approximate surface area is 382 Å². The van der Waals surface area contributed by atoms with Gasteiger partial charge in [-0.2, -0.15) is 0 Å². The first-order chi connectivity index (χ1) is 32.7. The number of aliphatic imine (C=N–C) groups is 1. The van der Waals surface area contributed by atoms with Gasteiger partial charge in [-0.05, 0) is 87.0 Å². The zero-order chi connectivity index (χ0) is 43.7. The van der Waals surface area contributed by atoms with Crippen LogP contribution in [0.2, 0.25) is 0 Å². The van der Waals surface area contributed by atoms with Gasteiger partial charge in [-0.15, -0.1) is 0 Å². The molecule has 2 aromatic heterocycles. The van der Waals surface area contributed by atoms with Crippen LogP contribution in [0.4, 0.5) is 0 Å². The largest absolute Gasteiger partial charge is 0.321 e. The lowest BCUT2D eigenvalue weighted by molar-refractivity contribution is 0.806. The van der Waals surface area contributed by atoms with E-state index in [1.807, 2.05) is 0 Å². The second kappa shape index (κ2) is 15.4. The quantitative estimate of drug-likeness (QED) is 0.0771. The lowest BCUT2D eigenvalue weighted by atomic mass is 9.92. The maximum atomic E-state index is 6.91. The number of hydrogen-bond donors (Lipinski definition) is 1. The molecule has 0 saturated carbocycles. The second-order valence-corrected chi connectivity index (χ2v) is 17.5. The van der Waals surface area contributed by atoms with Crippen LogP contribution in [0.15, 0.2) is 229 Å². The minimum absolute atomic E-state index is 0.217. The maximum absolute atomic E-state index is 6.91. The summed E-state index contributed by atoms with van der Waals surface area (Å²) < 4.78 is 4.78. The van der Waals surface area contributed by atoms with Crippen molar-refractivity contribution in [2.75, 3.05) is 0 Å². The van der Waals surface area contributed by atoms with Gasteiger partial charge in [-0.25, -0.2) is 4.99 Å². The number of allylic oxidation sites excluding steroid dienone is 1. The zero-order valence-electron chi connectivity index (χ0n) is 36.3. The van der Waals surface area contributed by atoms with E-state index in [2.05, 4.69) is 234 Å². The van der Waals surface area contributed by atoms with Crippen LogP contribution >= 0.6 is 0 Å². The molecule has 0 aliphatic heterocycles. The fourth-order valence-electron chi connectivity index (χ4n) is 10.9. The lowest BCUT2D eigenvalue weighted by Gasteiger charge is -2.20. The molecule has 66 heavy (non-hydrogen) atoms. The molecule has 0 amide bonds. The van der Waals surface area contributed by atoms with Crippen molar-refractivity contribution >= 4 is 88.0 Å². The van der Waals surface area contributed by atoms with Crippen molar-refractivity contribution in [1.29, 1.82) is 0 Å². The fourth-order valence-corrected chi connectivity index (χ4v) is 10.9. The Balaban J connectivity index is 1.11. The first-order valence-electron chi connectivity index (χ1n) is 22.9. The molecule has 1 unspecified atom stereocenters. The van der Waals surface area contributed by atoms with Gasteiger partial charge >= 0.3 is 0 Å². The Bertz CT molecular complexity index is 3980. The van der Waals surface area contributed by atoms with Gasteiger partial charge in [0.1, 0.15) is 6.34 Å². The predicted molar refractivity (Wildman–Crippen MR) is 281 cm³/mol. The molecule has 1 aliphatic carbocycles. The first kappa shape index (κ1) is 38.2. The van der Waals surface area contributed by atoms with Crippen LogP contribution in [-0.4, -0.2) is 21.5 Å². The summed E-state index contributed by atoms with van der Waals surface area (Å²) in [6.45, 7) is 0. The van der Waals surface area contributed by atoms with Gasteiger partial charge in [0.15, 0.2) is 0 Å². The minimum atomic E-state index is -0.217. The predicted octanol–water partition coefficient (Wildman–Crippen LogP) is 15.7. The molecule has 2 N–H and O–H groups in total. The van der Waals surface area contributed by atoms with Gasteiger partial charge < -0.3 is 10.3 Å². The van der Waals surface area contributed by atoms with Gasteiger partial charge in [0.25, 0.3) is 0 Å². The van der Waals surface area contributed by atoms with Crippen LogP contribution in [0.25, 0.3) is 110 Å². The average Bonchev–Trinajstić information content (AvgIpc) is 3.90. The molecule has 10 aromatic carbocycles. The summed E-state index contributed by atoms with van der Waals surface area (Å²) in [6.07, 6.45) is 8.17. The van der Waals surface area contributed by atoms with Crippen molar-refractivity contribution in [2.45, 2.75) is 18.9 Å². The number of benzene rings is 10. The molecule has 0 fully saturated rings. The molecule has 0 radical (unpaired) electrons. The van der Waals surface area contributed by atoms with Crippen molar-refractivity contribution in [1.82, 2.24) is 9.13 Å². The van der Waals surface area contributed by atoms with E-state index in [0.29, 0.717) is 0 Å². The summed E-state index contributed by atoms with van der Waals surface area (Å²) >= 11 is 0. The molecule has 0 spiro atoms. The minimum Gasteiger partial charge on any atom is -0.321 e. The van der Waals surface area contributed by atoms with E-state index in [0.717, 1.165) is 52.0 Å². The van der Waals surface area contributed by atoms with Crippen LogP contribution in [-0.2, 0) is 0 Å². The molecule has 0 saturated heterocycles. The average molecular weight is 845 g/mol. The molecular formula is C62H44N4. The third kappa shape index (κ3) is 5.99. The van der Waals surface area contributed by atoms with E-state index in [9.17, 15) is 0 Å². The Kier molecular flexibility index (Phi) is 8.93. The van der Waals surface area contributed by atoms with Crippen molar-refractivity contribution in [3.63, 3.8) is 0 Å². The highest BCUT2D eigenvalue weighted by molar-refractivity contribution is 6.37. The van der Waals surface area contributed by atoms with E-state index in [4.69, 9.17) is 10.7 Å². The monoisotopic (exact) mass is 844 g/mol. The number of hydrogen-bond acceptors (Lipinski definition) is 2. The lowest BCUT2D eigenvalue weighted by Crippen LogP contribution is -2.23. The number of aromatic nitrogens is 2. The van der Waals surface area contributed by atoms with E-state index < -0.39 is 0 Å². The standard InChI is InChI=1S/C62H44N4/c63-55-28-13-11-25-53(55)60(43-32-30-41(31-33-43)40-16-3-1-4-17-40)64-39-65-56-37-35-44(47-26-15-27-52-49-23-12-14-29-57(49)66(61(47)52)45-19-5-2-6-20-45)38-54(56)59-58-46-21-8-7-18-42(46)34-36-50(58)48-22-9-10-24-51(48)62(59)65/h1-10,12-24,26-39,55H,11,25,63H2/b60-53-,64-39?. The normalized spacial score (nSPS) is 15.1. The molecule has 4 nitrogen and oxygen atoms in total. The fraction of sp³-hybridized carbons (Fsp3) is 0.0484. The molecule has 0 bridgehead atoms. The van der Waals surface area contributed by atoms with Gasteiger partial charge in [-0.1, -0.05) is 188 Å². The Morgan fingerprint density at radius 2 is 1.17 bits per heavy atom. The molecular weight excluding hydrogens is 801 g/mol. The number of rotatable bonds is 6. The third-order valence-electron chi connectivity index (χ3n) is 13.9. The second-order valence-electron chi connectivity index (χ2n) is 17.5. The summed E-state index contributed by atoms with van der Waals surface area (Å²) in [7, 11) is 0. The highest BCUT2D eigenvalue weighted by Gasteiger charge is 2.23. The number of nitrogens with zero attached hydrogens (tertiary/aromatic N) is 3. The van der Waals surface area contributed by atoms with Crippen molar-refractivity contribution < 1.29 is 0 Å². The van der Waals surface area contributed by atoms with Gasteiger partial charge in [-0.3, -0.25) is 4.57 Å². The molecule has 4 heteroatoms. The molecule has 12 aromatic rings. The van der Waals surface area contributed by atoms with E-state index in [1.54, 1.807) is 0 Å². The summed E-state index contributed by atoms with van der Waals surface area (Å²) in [5.74, 6) is 0. The number of para-hydroxylation sites is 3. The zero-order valence-corrected chi connectivity index (χ0v) is 36.3. The van der Waals surface area contributed by atoms with Crippen LogP contribution in [0.3, 0.4) is 0 Å². The molecule has 1 aliphatic rings. The van der Waals surface area contributed by atoms with E-state index >= 15 is 0 Å². The van der Waals surface area contributed by atoms with Crippen molar-refractivity contribution in [2.24, 2.45) is 10.7 Å². The summed E-state index contributed by atoms with van der Waals surface area (Å²) in [5.41, 5.74) is 20.5. The van der Waals surface area contributed by atoms with Crippen LogP contribution < -0.4 is 5.73 Å². The Hall–Kier alpha value is -8.31. The first-order valence-corrected chi connectivity index (χ1v) is 22.9. The van der Waals surface area contributed by atoms with E-state index in [1.165, 1.54) is 81.6 Å². The van der Waals surface area contributed by atoms with Gasteiger partial charge in [0.2, 0.25) is 0 Å². The SMILES string of the molecule is NC1C=CCC/C1=C(/N=Cn1c2ccc(-c3cccc4c5ccccc5n(-c5ccccc5)c34)cc2c2c3c4ccccc4ccc3c3ccccc3c21)c1ccc(-c2ccccc2)cc1. The number of nitrogens with two attached hydrogens (primary N) is 1.